The van der Waals surface area contributed by atoms with Gasteiger partial charge in [-0.1, -0.05) is 23.7 Å². The molecule has 5 heteroatoms. The number of nitrogens with zero attached hydrogens (tertiary/aromatic N) is 1. The van der Waals surface area contributed by atoms with E-state index >= 15 is 0 Å². The Hall–Kier alpha value is -1.36. The van der Waals surface area contributed by atoms with E-state index < -0.39 is 0 Å². The van der Waals surface area contributed by atoms with Gasteiger partial charge in [0, 0.05) is 11.6 Å². The van der Waals surface area contributed by atoms with E-state index in [1.54, 1.807) is 23.5 Å². The molecule has 112 valence electrons. The topological polar surface area (TPSA) is 32.3 Å². The molecule has 1 heterocycles. The third kappa shape index (κ3) is 4.84. The van der Waals surface area contributed by atoms with Crippen LogP contribution in [-0.2, 0) is 11.2 Å². The molecule has 1 atom stereocenters. The van der Waals surface area contributed by atoms with Crippen molar-refractivity contribution in [1.82, 2.24) is 10.2 Å². The number of halogens is 1. The summed E-state index contributed by atoms with van der Waals surface area (Å²) in [5, 5.41) is 7.87. The van der Waals surface area contributed by atoms with Gasteiger partial charge in [0.2, 0.25) is 5.91 Å². The summed E-state index contributed by atoms with van der Waals surface area (Å²) >= 11 is 7.51. The van der Waals surface area contributed by atoms with E-state index in [1.807, 2.05) is 26.2 Å². The maximum absolute atomic E-state index is 12.0. The minimum Gasteiger partial charge on any atom is -0.354 e. The lowest BCUT2D eigenvalue weighted by molar-refractivity contribution is -0.120. The Balaban J connectivity index is 1.89. The molecular weight excluding hydrogens is 304 g/mol. The molecule has 2 aromatic rings. The largest absolute Gasteiger partial charge is 0.354 e. The molecule has 2 rings (SSSR count). The first kappa shape index (κ1) is 16.0. The van der Waals surface area contributed by atoms with Gasteiger partial charge >= 0.3 is 0 Å². The van der Waals surface area contributed by atoms with Gasteiger partial charge < -0.3 is 10.2 Å². The predicted octanol–water partition coefficient (Wildman–Crippen LogP) is 3.36. The van der Waals surface area contributed by atoms with E-state index in [-0.39, 0.29) is 11.9 Å². The molecule has 0 fully saturated rings. The minimum atomic E-state index is 0.0272. The number of amides is 1. The van der Waals surface area contributed by atoms with Gasteiger partial charge in [0.1, 0.15) is 0 Å². The van der Waals surface area contributed by atoms with Crippen LogP contribution in [0.2, 0.25) is 5.02 Å². The molecule has 0 aliphatic carbocycles. The van der Waals surface area contributed by atoms with E-state index in [4.69, 9.17) is 11.6 Å². The lowest BCUT2D eigenvalue weighted by Gasteiger charge is -2.24. The summed E-state index contributed by atoms with van der Waals surface area (Å²) in [6.07, 6.45) is 0.376. The monoisotopic (exact) mass is 322 g/mol. The highest BCUT2D eigenvalue weighted by Gasteiger charge is 2.15. The Kier molecular flexibility index (Phi) is 5.79. The summed E-state index contributed by atoms with van der Waals surface area (Å²) in [6, 6.07) is 9.66. The number of carbonyl (C=O) groups is 1. The summed E-state index contributed by atoms with van der Waals surface area (Å²) in [5.41, 5.74) is 2.20. The molecule has 1 amide bonds. The van der Waals surface area contributed by atoms with Crippen molar-refractivity contribution in [2.24, 2.45) is 0 Å². The summed E-state index contributed by atoms with van der Waals surface area (Å²) in [5.74, 6) is 0.0272. The smallest absolute Gasteiger partial charge is 0.224 e. The number of thiophene rings is 1. The van der Waals surface area contributed by atoms with Crippen LogP contribution in [-0.4, -0.2) is 31.4 Å². The van der Waals surface area contributed by atoms with Crippen LogP contribution in [0.1, 0.15) is 17.2 Å². The zero-order valence-electron chi connectivity index (χ0n) is 12.2. The van der Waals surface area contributed by atoms with Crippen LogP contribution in [0, 0.1) is 0 Å². The molecule has 1 N–H and O–H groups in total. The number of hydrogen-bond donors (Lipinski definition) is 1. The first-order chi connectivity index (χ1) is 10.1. The fourth-order valence-corrected chi connectivity index (χ4v) is 2.96. The standard InChI is InChI=1S/C16H19ClN2OS/c1-19(2)15(13-7-8-21-11-13)10-18-16(20)9-12-3-5-14(17)6-4-12/h3-8,11,15H,9-10H2,1-2H3,(H,18,20)/t15-/m0/s1. The first-order valence-electron chi connectivity index (χ1n) is 6.76. The highest BCUT2D eigenvalue weighted by Crippen LogP contribution is 2.20. The number of likely N-dealkylation sites (N-methyl/N-ethyl adjacent to an activating group) is 1. The molecule has 3 nitrogen and oxygen atoms in total. The van der Waals surface area contributed by atoms with E-state index in [0.717, 1.165) is 5.56 Å². The van der Waals surface area contributed by atoms with Crippen LogP contribution in [0.25, 0.3) is 0 Å². The molecule has 21 heavy (non-hydrogen) atoms. The van der Waals surface area contributed by atoms with Crippen LogP contribution >= 0.6 is 22.9 Å². The number of rotatable bonds is 6. The van der Waals surface area contributed by atoms with Gasteiger partial charge in [-0.15, -0.1) is 0 Å². The van der Waals surface area contributed by atoms with Crippen LogP contribution in [0.3, 0.4) is 0 Å². The van der Waals surface area contributed by atoms with E-state index in [1.165, 1.54) is 5.56 Å². The third-order valence-corrected chi connectivity index (χ3v) is 4.28. The Morgan fingerprint density at radius 3 is 2.57 bits per heavy atom. The van der Waals surface area contributed by atoms with Crippen molar-refractivity contribution in [3.63, 3.8) is 0 Å². The van der Waals surface area contributed by atoms with Gasteiger partial charge in [-0.3, -0.25) is 4.79 Å². The van der Waals surface area contributed by atoms with Gasteiger partial charge in [0.15, 0.2) is 0 Å². The van der Waals surface area contributed by atoms with Crippen molar-refractivity contribution < 1.29 is 4.79 Å². The van der Waals surface area contributed by atoms with Crippen LogP contribution in [0.4, 0.5) is 0 Å². The molecule has 0 aliphatic rings. The van der Waals surface area contributed by atoms with Gasteiger partial charge in [-0.2, -0.15) is 11.3 Å². The SMILES string of the molecule is CN(C)[C@@H](CNC(=O)Cc1ccc(Cl)cc1)c1ccsc1. The molecule has 1 aromatic carbocycles. The van der Waals surface area contributed by atoms with Crippen molar-refractivity contribution in [3.05, 3.63) is 57.2 Å². The van der Waals surface area contributed by atoms with Crippen molar-refractivity contribution in [1.29, 1.82) is 0 Å². The second-order valence-electron chi connectivity index (χ2n) is 5.14. The molecule has 0 bridgehead atoms. The van der Waals surface area contributed by atoms with Gasteiger partial charge in [0.25, 0.3) is 0 Å². The van der Waals surface area contributed by atoms with E-state index in [9.17, 15) is 4.79 Å². The number of benzene rings is 1. The maximum atomic E-state index is 12.0. The van der Waals surface area contributed by atoms with E-state index in [2.05, 4.69) is 27.0 Å². The molecule has 0 saturated heterocycles. The highest BCUT2D eigenvalue weighted by atomic mass is 35.5. The zero-order chi connectivity index (χ0) is 15.2. The van der Waals surface area contributed by atoms with E-state index in [0.29, 0.717) is 18.0 Å². The molecule has 1 aromatic heterocycles. The molecular formula is C16H19ClN2OS. The van der Waals surface area contributed by atoms with Gasteiger partial charge in [0.05, 0.1) is 12.5 Å². The summed E-state index contributed by atoms with van der Waals surface area (Å²) in [7, 11) is 4.04. The Bertz CT molecular complexity index is 566. The average Bonchev–Trinajstić information content (AvgIpc) is 2.95. The molecule has 0 aliphatic heterocycles. The average molecular weight is 323 g/mol. The Morgan fingerprint density at radius 1 is 1.29 bits per heavy atom. The lowest BCUT2D eigenvalue weighted by atomic mass is 10.1. The van der Waals surface area contributed by atoms with Crippen LogP contribution in [0.15, 0.2) is 41.1 Å². The summed E-state index contributed by atoms with van der Waals surface area (Å²) in [4.78, 5) is 14.1. The second kappa shape index (κ2) is 7.59. The molecule has 0 radical (unpaired) electrons. The highest BCUT2D eigenvalue weighted by molar-refractivity contribution is 7.07. The fraction of sp³-hybridized carbons (Fsp3) is 0.312. The molecule has 0 saturated carbocycles. The predicted molar refractivity (Wildman–Crippen MR) is 88.9 cm³/mol. The first-order valence-corrected chi connectivity index (χ1v) is 8.08. The number of hydrogen-bond acceptors (Lipinski definition) is 3. The molecule has 0 unspecified atom stereocenters. The van der Waals surface area contributed by atoms with Crippen LogP contribution < -0.4 is 5.32 Å². The quantitative estimate of drug-likeness (QED) is 0.884. The fourth-order valence-electron chi connectivity index (χ4n) is 2.12. The minimum absolute atomic E-state index is 0.0272. The summed E-state index contributed by atoms with van der Waals surface area (Å²) < 4.78 is 0. The van der Waals surface area contributed by atoms with Crippen molar-refractivity contribution >= 4 is 28.8 Å². The molecule has 0 spiro atoms. The van der Waals surface area contributed by atoms with Gasteiger partial charge in [-0.25, -0.2) is 0 Å². The Labute approximate surface area is 134 Å². The lowest BCUT2D eigenvalue weighted by Crippen LogP contribution is -2.35. The zero-order valence-corrected chi connectivity index (χ0v) is 13.7. The van der Waals surface area contributed by atoms with Crippen molar-refractivity contribution in [3.8, 4) is 0 Å². The number of nitrogens with one attached hydrogen (secondary N) is 1. The normalized spacial score (nSPS) is 12.4. The van der Waals surface area contributed by atoms with Crippen LogP contribution in [0.5, 0.6) is 0 Å². The Morgan fingerprint density at radius 2 is 2.00 bits per heavy atom. The second-order valence-corrected chi connectivity index (χ2v) is 6.36. The maximum Gasteiger partial charge on any atom is 0.224 e. The number of carbonyl (C=O) groups excluding carboxylic acids is 1. The summed E-state index contributed by atoms with van der Waals surface area (Å²) in [6.45, 7) is 0.607. The third-order valence-electron chi connectivity index (χ3n) is 3.32. The van der Waals surface area contributed by atoms with Crippen molar-refractivity contribution in [2.75, 3.05) is 20.6 Å². The van der Waals surface area contributed by atoms with Crippen molar-refractivity contribution in [2.45, 2.75) is 12.5 Å². The van der Waals surface area contributed by atoms with Gasteiger partial charge in [-0.05, 0) is 54.2 Å².